The van der Waals surface area contributed by atoms with Crippen molar-refractivity contribution in [1.82, 2.24) is 0 Å². The molecule has 2 heteroatoms. The summed E-state index contributed by atoms with van der Waals surface area (Å²) in [7, 11) is 0. The van der Waals surface area contributed by atoms with Gasteiger partial charge in [0.25, 0.3) is 0 Å². The maximum Gasteiger partial charge on any atom is 0.309 e. The van der Waals surface area contributed by atoms with Crippen LogP contribution in [0.25, 0.3) is 0 Å². The third kappa shape index (κ3) is 7.15. The number of rotatable bonds is 15. The smallest absolute Gasteiger partial charge is 0.309 e. The van der Waals surface area contributed by atoms with Gasteiger partial charge in [-0.25, -0.2) is 0 Å². The zero-order valence-corrected chi connectivity index (χ0v) is 16.5. The van der Waals surface area contributed by atoms with E-state index in [2.05, 4.69) is 13.8 Å². The fourth-order valence-corrected chi connectivity index (χ4v) is 4.67. The Morgan fingerprint density at radius 1 is 0.875 bits per heavy atom. The van der Waals surface area contributed by atoms with E-state index in [-0.39, 0.29) is 5.41 Å². The van der Waals surface area contributed by atoms with Crippen LogP contribution in [0, 0.1) is 11.3 Å². The third-order valence-corrected chi connectivity index (χ3v) is 6.27. The number of carboxylic acid groups (broad SMARTS) is 1. The van der Waals surface area contributed by atoms with Gasteiger partial charge in [0.15, 0.2) is 0 Å². The van der Waals surface area contributed by atoms with Gasteiger partial charge in [-0.15, -0.1) is 0 Å². The number of hydrogen-bond donors (Lipinski definition) is 1. The van der Waals surface area contributed by atoms with Gasteiger partial charge in [0.1, 0.15) is 0 Å². The predicted molar refractivity (Wildman–Crippen MR) is 103 cm³/mol. The van der Waals surface area contributed by atoms with E-state index in [1.54, 1.807) is 0 Å². The van der Waals surface area contributed by atoms with Crippen LogP contribution in [0.5, 0.6) is 0 Å². The van der Waals surface area contributed by atoms with E-state index in [1.807, 2.05) is 0 Å². The molecule has 1 rings (SSSR count). The normalized spacial score (nSPS) is 23.7. The second-order valence-electron chi connectivity index (χ2n) is 8.12. The standard InChI is InChI=1S/C22H42O2/c1-3-5-7-9-11-13-16-20-17-15-19-22(20,21(23)24)18-14-12-10-8-6-4-2/h20H,3-19H2,1-2H3,(H,23,24). The van der Waals surface area contributed by atoms with Crippen LogP contribution >= 0.6 is 0 Å². The van der Waals surface area contributed by atoms with Crippen LogP contribution in [0.3, 0.4) is 0 Å². The average Bonchev–Trinajstić information content (AvgIpc) is 2.98. The van der Waals surface area contributed by atoms with Crippen molar-refractivity contribution in [3.8, 4) is 0 Å². The molecule has 1 fully saturated rings. The zero-order chi connectivity index (χ0) is 17.7. The number of carbonyl (C=O) groups is 1. The van der Waals surface area contributed by atoms with Gasteiger partial charge < -0.3 is 5.11 Å². The van der Waals surface area contributed by atoms with Crippen molar-refractivity contribution in [1.29, 1.82) is 0 Å². The lowest BCUT2D eigenvalue weighted by Crippen LogP contribution is -2.35. The van der Waals surface area contributed by atoms with Crippen molar-refractivity contribution in [3.63, 3.8) is 0 Å². The topological polar surface area (TPSA) is 37.3 Å². The molecular weight excluding hydrogens is 296 g/mol. The van der Waals surface area contributed by atoms with Crippen LogP contribution in [0.1, 0.15) is 123 Å². The Morgan fingerprint density at radius 2 is 1.42 bits per heavy atom. The lowest BCUT2D eigenvalue weighted by atomic mass is 9.72. The molecule has 1 N–H and O–H groups in total. The molecular formula is C22H42O2. The maximum atomic E-state index is 12.1. The van der Waals surface area contributed by atoms with Gasteiger partial charge in [-0.2, -0.15) is 0 Å². The largest absolute Gasteiger partial charge is 0.481 e. The molecule has 0 saturated heterocycles. The van der Waals surface area contributed by atoms with Crippen LogP contribution in [-0.2, 0) is 4.79 Å². The molecule has 1 saturated carbocycles. The first-order chi connectivity index (χ1) is 11.7. The van der Waals surface area contributed by atoms with E-state index >= 15 is 0 Å². The fraction of sp³-hybridized carbons (Fsp3) is 0.955. The molecule has 0 amide bonds. The first-order valence-electron chi connectivity index (χ1n) is 10.9. The fourth-order valence-electron chi connectivity index (χ4n) is 4.67. The Hall–Kier alpha value is -0.530. The molecule has 2 unspecified atom stereocenters. The average molecular weight is 339 g/mol. The van der Waals surface area contributed by atoms with E-state index in [1.165, 1.54) is 70.6 Å². The summed E-state index contributed by atoms with van der Waals surface area (Å²) in [5.74, 6) is -0.0543. The summed E-state index contributed by atoms with van der Waals surface area (Å²) in [6.07, 6.45) is 20.7. The summed E-state index contributed by atoms with van der Waals surface area (Å²) in [6, 6.07) is 0. The Bertz CT molecular complexity index is 326. The van der Waals surface area contributed by atoms with Crippen molar-refractivity contribution < 1.29 is 9.90 Å². The summed E-state index contributed by atoms with van der Waals surface area (Å²) < 4.78 is 0. The number of unbranched alkanes of at least 4 members (excludes halogenated alkanes) is 10. The van der Waals surface area contributed by atoms with Crippen molar-refractivity contribution in [2.75, 3.05) is 0 Å². The Morgan fingerprint density at radius 3 is 2.00 bits per heavy atom. The highest BCUT2D eigenvalue weighted by molar-refractivity contribution is 5.75. The highest BCUT2D eigenvalue weighted by Gasteiger charge is 2.47. The highest BCUT2D eigenvalue weighted by Crippen LogP contribution is 2.49. The van der Waals surface area contributed by atoms with Crippen molar-refractivity contribution >= 4 is 5.97 Å². The van der Waals surface area contributed by atoms with Crippen molar-refractivity contribution in [3.05, 3.63) is 0 Å². The van der Waals surface area contributed by atoms with E-state index < -0.39 is 5.97 Å². The molecule has 0 aliphatic heterocycles. The maximum absolute atomic E-state index is 12.1. The molecule has 24 heavy (non-hydrogen) atoms. The van der Waals surface area contributed by atoms with Gasteiger partial charge in [0.2, 0.25) is 0 Å². The molecule has 2 atom stereocenters. The van der Waals surface area contributed by atoms with Crippen LogP contribution in [-0.4, -0.2) is 11.1 Å². The van der Waals surface area contributed by atoms with Crippen molar-refractivity contribution in [2.24, 2.45) is 11.3 Å². The van der Waals surface area contributed by atoms with Crippen LogP contribution in [0.2, 0.25) is 0 Å². The first-order valence-corrected chi connectivity index (χ1v) is 10.9. The highest BCUT2D eigenvalue weighted by atomic mass is 16.4. The summed E-state index contributed by atoms with van der Waals surface area (Å²) in [5.41, 5.74) is -0.381. The van der Waals surface area contributed by atoms with Crippen LogP contribution < -0.4 is 0 Å². The number of carboxylic acids is 1. The Kier molecular flexibility index (Phi) is 11.5. The van der Waals surface area contributed by atoms with E-state index in [9.17, 15) is 9.90 Å². The minimum atomic E-state index is -0.496. The summed E-state index contributed by atoms with van der Waals surface area (Å²) in [4.78, 5) is 12.1. The first kappa shape index (κ1) is 21.5. The molecule has 0 radical (unpaired) electrons. The van der Waals surface area contributed by atoms with E-state index in [4.69, 9.17) is 0 Å². The number of hydrogen-bond acceptors (Lipinski definition) is 1. The molecule has 2 nitrogen and oxygen atoms in total. The second kappa shape index (κ2) is 12.8. The molecule has 1 aliphatic carbocycles. The predicted octanol–water partition coefficient (Wildman–Crippen LogP) is 7.36. The Labute approximate surface area is 150 Å². The minimum Gasteiger partial charge on any atom is -0.481 e. The Balaban J connectivity index is 2.34. The van der Waals surface area contributed by atoms with E-state index in [0.29, 0.717) is 5.92 Å². The van der Waals surface area contributed by atoms with Crippen LogP contribution in [0.15, 0.2) is 0 Å². The molecule has 0 bridgehead atoms. The van der Waals surface area contributed by atoms with Crippen LogP contribution in [0.4, 0.5) is 0 Å². The van der Waals surface area contributed by atoms with Gasteiger partial charge in [-0.05, 0) is 31.6 Å². The van der Waals surface area contributed by atoms with Gasteiger partial charge in [0.05, 0.1) is 5.41 Å². The van der Waals surface area contributed by atoms with Crippen molar-refractivity contribution in [2.45, 2.75) is 123 Å². The molecule has 0 spiro atoms. The zero-order valence-electron chi connectivity index (χ0n) is 16.5. The molecule has 142 valence electrons. The summed E-state index contributed by atoms with van der Waals surface area (Å²) in [5, 5.41) is 9.95. The summed E-state index contributed by atoms with van der Waals surface area (Å²) >= 11 is 0. The molecule has 0 aromatic heterocycles. The SMILES string of the molecule is CCCCCCCCC1CCCC1(CCCCCCCC)C(=O)O. The molecule has 1 aliphatic rings. The van der Waals surface area contributed by atoms with E-state index in [0.717, 1.165) is 38.5 Å². The second-order valence-corrected chi connectivity index (χ2v) is 8.12. The molecule has 0 heterocycles. The third-order valence-electron chi connectivity index (χ3n) is 6.27. The number of aliphatic carboxylic acids is 1. The lowest BCUT2D eigenvalue weighted by Gasteiger charge is -2.31. The van der Waals surface area contributed by atoms with Gasteiger partial charge in [-0.3, -0.25) is 4.79 Å². The van der Waals surface area contributed by atoms with Gasteiger partial charge in [0, 0.05) is 0 Å². The lowest BCUT2D eigenvalue weighted by molar-refractivity contribution is -0.152. The molecule has 0 aromatic rings. The summed E-state index contributed by atoms with van der Waals surface area (Å²) in [6.45, 7) is 4.49. The monoisotopic (exact) mass is 338 g/mol. The van der Waals surface area contributed by atoms with Gasteiger partial charge in [-0.1, -0.05) is 97.3 Å². The van der Waals surface area contributed by atoms with Gasteiger partial charge >= 0.3 is 5.97 Å². The minimum absolute atomic E-state index is 0.381. The quantitative estimate of drug-likeness (QED) is 0.317. The molecule has 0 aromatic carbocycles.